The van der Waals surface area contributed by atoms with E-state index < -0.39 is 0 Å². The fourth-order valence-corrected chi connectivity index (χ4v) is 3.80. The third kappa shape index (κ3) is 3.95. The molecular formula is C16H30N2O2. The normalized spacial score (nSPS) is 24.5. The molecule has 0 aromatic heterocycles. The van der Waals surface area contributed by atoms with Crippen molar-refractivity contribution in [2.75, 3.05) is 33.3 Å². The van der Waals surface area contributed by atoms with E-state index in [0.717, 1.165) is 19.6 Å². The molecule has 1 N–H and O–H groups in total. The molecule has 0 aromatic rings. The van der Waals surface area contributed by atoms with Crippen LogP contribution in [0, 0.1) is 5.41 Å². The van der Waals surface area contributed by atoms with E-state index in [1.54, 1.807) is 0 Å². The van der Waals surface area contributed by atoms with Crippen LogP contribution in [0.2, 0.25) is 0 Å². The summed E-state index contributed by atoms with van der Waals surface area (Å²) in [6.45, 7) is 5.37. The number of hydrogen-bond donors (Lipinski definition) is 1. The molecule has 2 aliphatic rings. The largest absolute Gasteiger partial charge is 0.465 e. The molecule has 1 saturated heterocycles. The maximum absolute atomic E-state index is 11.8. The van der Waals surface area contributed by atoms with E-state index in [-0.39, 0.29) is 12.0 Å². The SMILES string of the molecule is CCOC(=O)C(CN1CCC2(CCCCC2)CC1)NC. The lowest BCUT2D eigenvalue weighted by atomic mass is 9.68. The van der Waals surface area contributed by atoms with Crippen LogP contribution >= 0.6 is 0 Å². The van der Waals surface area contributed by atoms with E-state index in [1.165, 1.54) is 44.9 Å². The number of nitrogens with one attached hydrogen (secondary N) is 1. The maximum Gasteiger partial charge on any atom is 0.324 e. The van der Waals surface area contributed by atoms with Gasteiger partial charge in [0.2, 0.25) is 0 Å². The fourth-order valence-electron chi connectivity index (χ4n) is 3.80. The highest BCUT2D eigenvalue weighted by Crippen LogP contribution is 2.44. The molecule has 0 aromatic carbocycles. The molecule has 4 heteroatoms. The van der Waals surface area contributed by atoms with E-state index in [4.69, 9.17) is 4.74 Å². The van der Waals surface area contributed by atoms with Crippen molar-refractivity contribution in [2.45, 2.75) is 57.9 Å². The summed E-state index contributed by atoms with van der Waals surface area (Å²) in [6.07, 6.45) is 9.74. The summed E-state index contributed by atoms with van der Waals surface area (Å²) in [4.78, 5) is 14.3. The van der Waals surface area contributed by atoms with Crippen molar-refractivity contribution in [1.29, 1.82) is 0 Å². The summed E-state index contributed by atoms with van der Waals surface area (Å²) in [7, 11) is 1.84. The Kier molecular flexibility index (Phi) is 5.85. The average molecular weight is 282 g/mol. The smallest absolute Gasteiger partial charge is 0.324 e. The number of esters is 1. The second-order valence-corrected chi connectivity index (χ2v) is 6.45. The standard InChI is InChI=1S/C16H30N2O2/c1-3-20-15(19)14(17-2)13-18-11-9-16(10-12-18)7-5-4-6-8-16/h14,17H,3-13H2,1-2H3. The van der Waals surface area contributed by atoms with Gasteiger partial charge in [-0.25, -0.2) is 0 Å². The van der Waals surface area contributed by atoms with Crippen LogP contribution < -0.4 is 5.32 Å². The molecule has 2 fully saturated rings. The molecule has 0 bridgehead atoms. The summed E-state index contributed by atoms with van der Waals surface area (Å²) < 4.78 is 5.12. The van der Waals surface area contributed by atoms with Crippen LogP contribution in [-0.2, 0) is 9.53 Å². The van der Waals surface area contributed by atoms with Gasteiger partial charge < -0.3 is 15.0 Å². The van der Waals surface area contributed by atoms with E-state index >= 15 is 0 Å². The maximum atomic E-state index is 11.8. The van der Waals surface area contributed by atoms with Crippen molar-refractivity contribution in [3.8, 4) is 0 Å². The van der Waals surface area contributed by atoms with E-state index in [2.05, 4.69) is 10.2 Å². The molecule has 1 unspecified atom stereocenters. The number of hydrogen-bond acceptors (Lipinski definition) is 4. The molecule has 2 rings (SSSR count). The van der Waals surface area contributed by atoms with Gasteiger partial charge in [-0.1, -0.05) is 19.3 Å². The highest BCUT2D eigenvalue weighted by Gasteiger charge is 2.36. The van der Waals surface area contributed by atoms with Crippen LogP contribution in [0.4, 0.5) is 0 Å². The van der Waals surface area contributed by atoms with Gasteiger partial charge in [0, 0.05) is 6.54 Å². The Morgan fingerprint density at radius 1 is 1.20 bits per heavy atom. The zero-order chi connectivity index (χ0) is 14.4. The van der Waals surface area contributed by atoms with Crippen LogP contribution in [0.15, 0.2) is 0 Å². The van der Waals surface area contributed by atoms with Crippen molar-refractivity contribution in [3.05, 3.63) is 0 Å². The van der Waals surface area contributed by atoms with Gasteiger partial charge in [-0.15, -0.1) is 0 Å². The van der Waals surface area contributed by atoms with Crippen molar-refractivity contribution in [3.63, 3.8) is 0 Å². The molecule has 1 saturated carbocycles. The van der Waals surface area contributed by atoms with E-state index in [1.807, 2.05) is 14.0 Å². The van der Waals surface area contributed by atoms with Gasteiger partial charge in [0.1, 0.15) is 6.04 Å². The average Bonchev–Trinajstić information content (AvgIpc) is 2.48. The lowest BCUT2D eigenvalue weighted by molar-refractivity contribution is -0.146. The minimum absolute atomic E-state index is 0.118. The molecule has 1 heterocycles. The van der Waals surface area contributed by atoms with Crippen molar-refractivity contribution in [2.24, 2.45) is 5.41 Å². The first-order valence-corrected chi connectivity index (χ1v) is 8.25. The number of nitrogens with zero attached hydrogens (tertiary/aromatic N) is 1. The van der Waals surface area contributed by atoms with Gasteiger partial charge in [0.25, 0.3) is 0 Å². The first-order valence-electron chi connectivity index (χ1n) is 8.25. The summed E-state index contributed by atoms with van der Waals surface area (Å²) >= 11 is 0. The molecular weight excluding hydrogens is 252 g/mol. The quantitative estimate of drug-likeness (QED) is 0.785. The summed E-state index contributed by atoms with van der Waals surface area (Å²) in [5.41, 5.74) is 0.633. The summed E-state index contributed by atoms with van der Waals surface area (Å²) in [5, 5.41) is 3.09. The second kappa shape index (κ2) is 7.41. The van der Waals surface area contributed by atoms with Crippen LogP contribution in [0.25, 0.3) is 0 Å². The van der Waals surface area contributed by atoms with Crippen molar-refractivity contribution in [1.82, 2.24) is 10.2 Å². The highest BCUT2D eigenvalue weighted by atomic mass is 16.5. The zero-order valence-electron chi connectivity index (χ0n) is 13.1. The Morgan fingerprint density at radius 2 is 1.85 bits per heavy atom. The number of piperidine rings is 1. The van der Waals surface area contributed by atoms with Crippen LogP contribution in [0.3, 0.4) is 0 Å². The minimum Gasteiger partial charge on any atom is -0.465 e. The zero-order valence-corrected chi connectivity index (χ0v) is 13.1. The summed E-state index contributed by atoms with van der Waals surface area (Å²) in [6, 6.07) is -0.185. The molecule has 4 nitrogen and oxygen atoms in total. The number of ether oxygens (including phenoxy) is 1. The number of carbonyl (C=O) groups is 1. The van der Waals surface area contributed by atoms with Crippen molar-refractivity contribution < 1.29 is 9.53 Å². The Balaban J connectivity index is 1.79. The topological polar surface area (TPSA) is 41.6 Å². The summed E-state index contributed by atoms with van der Waals surface area (Å²) in [5.74, 6) is -0.118. The van der Waals surface area contributed by atoms with Gasteiger partial charge in [0.15, 0.2) is 0 Å². The lowest BCUT2D eigenvalue weighted by Crippen LogP contribution is -2.49. The van der Waals surface area contributed by atoms with Gasteiger partial charge >= 0.3 is 5.97 Å². The predicted molar refractivity (Wildman–Crippen MR) is 80.7 cm³/mol. The Hall–Kier alpha value is -0.610. The molecule has 20 heavy (non-hydrogen) atoms. The third-order valence-corrected chi connectivity index (χ3v) is 5.19. The molecule has 1 spiro atoms. The third-order valence-electron chi connectivity index (χ3n) is 5.19. The van der Waals surface area contributed by atoms with E-state index in [9.17, 15) is 4.79 Å². The monoisotopic (exact) mass is 282 g/mol. The number of rotatable bonds is 5. The van der Waals surface area contributed by atoms with Gasteiger partial charge in [-0.2, -0.15) is 0 Å². The van der Waals surface area contributed by atoms with Crippen LogP contribution in [0.1, 0.15) is 51.9 Å². The molecule has 0 radical (unpaired) electrons. The molecule has 116 valence electrons. The number of likely N-dealkylation sites (N-methyl/N-ethyl adjacent to an activating group) is 1. The Morgan fingerprint density at radius 3 is 2.40 bits per heavy atom. The fraction of sp³-hybridized carbons (Fsp3) is 0.938. The van der Waals surface area contributed by atoms with Crippen molar-refractivity contribution >= 4 is 5.97 Å². The van der Waals surface area contributed by atoms with Gasteiger partial charge in [0.05, 0.1) is 6.61 Å². The molecule has 1 aliphatic heterocycles. The molecule has 1 aliphatic carbocycles. The first kappa shape index (κ1) is 15.8. The lowest BCUT2D eigenvalue weighted by Gasteiger charge is -2.44. The number of likely N-dealkylation sites (tertiary alicyclic amines) is 1. The van der Waals surface area contributed by atoms with Crippen LogP contribution in [0.5, 0.6) is 0 Å². The first-order chi connectivity index (χ1) is 9.69. The Bertz CT molecular complexity index is 304. The molecule has 0 amide bonds. The van der Waals surface area contributed by atoms with E-state index in [0.29, 0.717) is 12.0 Å². The minimum atomic E-state index is -0.185. The predicted octanol–water partition coefficient (Wildman–Crippen LogP) is 2.18. The second-order valence-electron chi connectivity index (χ2n) is 6.45. The number of carbonyl (C=O) groups excluding carboxylic acids is 1. The van der Waals surface area contributed by atoms with Crippen LogP contribution in [-0.4, -0.2) is 50.2 Å². The Labute approximate surface area is 123 Å². The molecule has 1 atom stereocenters. The highest BCUT2D eigenvalue weighted by molar-refractivity contribution is 5.76. The van der Waals surface area contributed by atoms with Gasteiger partial charge in [-0.3, -0.25) is 4.79 Å². The van der Waals surface area contributed by atoms with Gasteiger partial charge in [-0.05, 0) is 58.2 Å².